The van der Waals surface area contributed by atoms with Crippen molar-refractivity contribution in [2.45, 2.75) is 33.1 Å². The molecule has 1 fully saturated rings. The van der Waals surface area contributed by atoms with Gasteiger partial charge in [-0.2, -0.15) is 0 Å². The SMILES string of the molecule is CCCN(CCC)CC(=O)N1CCCNCC1. The van der Waals surface area contributed by atoms with Crippen molar-refractivity contribution >= 4 is 5.91 Å². The lowest BCUT2D eigenvalue weighted by Crippen LogP contribution is -2.42. The minimum absolute atomic E-state index is 0.301. The molecule has 1 saturated heterocycles. The van der Waals surface area contributed by atoms with Gasteiger partial charge in [0.05, 0.1) is 6.54 Å². The van der Waals surface area contributed by atoms with Crippen molar-refractivity contribution in [3.8, 4) is 0 Å². The van der Waals surface area contributed by atoms with E-state index in [1.807, 2.05) is 4.90 Å². The molecule has 1 rings (SSSR count). The Bertz CT molecular complexity index is 207. The molecule has 1 aliphatic heterocycles. The largest absolute Gasteiger partial charge is 0.340 e. The fourth-order valence-electron chi connectivity index (χ4n) is 2.29. The monoisotopic (exact) mass is 241 g/mol. The molecule has 0 unspecified atom stereocenters. The molecule has 0 aromatic heterocycles. The second-order valence-corrected chi connectivity index (χ2v) is 4.76. The van der Waals surface area contributed by atoms with E-state index in [1.54, 1.807) is 0 Å². The van der Waals surface area contributed by atoms with Crippen LogP contribution >= 0.6 is 0 Å². The lowest BCUT2D eigenvalue weighted by molar-refractivity contribution is -0.132. The molecular formula is C13H27N3O. The van der Waals surface area contributed by atoms with E-state index >= 15 is 0 Å². The van der Waals surface area contributed by atoms with Crippen molar-refractivity contribution in [2.24, 2.45) is 0 Å². The molecular weight excluding hydrogens is 214 g/mol. The van der Waals surface area contributed by atoms with Gasteiger partial charge in [0, 0.05) is 19.6 Å². The van der Waals surface area contributed by atoms with Gasteiger partial charge in [-0.05, 0) is 38.9 Å². The zero-order valence-corrected chi connectivity index (χ0v) is 11.4. The number of nitrogens with one attached hydrogen (secondary N) is 1. The van der Waals surface area contributed by atoms with Crippen LogP contribution in [-0.2, 0) is 4.79 Å². The fourth-order valence-corrected chi connectivity index (χ4v) is 2.29. The summed E-state index contributed by atoms with van der Waals surface area (Å²) in [7, 11) is 0. The third-order valence-corrected chi connectivity index (χ3v) is 3.13. The quantitative estimate of drug-likeness (QED) is 0.751. The topological polar surface area (TPSA) is 35.6 Å². The summed E-state index contributed by atoms with van der Waals surface area (Å²) in [6, 6.07) is 0. The standard InChI is InChI=1S/C13H27N3O/c1-3-8-15(9-4-2)12-13(17)16-10-5-6-14-7-11-16/h14H,3-12H2,1-2H3. The zero-order chi connectivity index (χ0) is 12.5. The van der Waals surface area contributed by atoms with Crippen molar-refractivity contribution in [3.63, 3.8) is 0 Å². The Morgan fingerprint density at radius 1 is 1.18 bits per heavy atom. The summed E-state index contributed by atoms with van der Waals surface area (Å²) in [6.45, 7) is 10.8. The maximum atomic E-state index is 12.2. The minimum atomic E-state index is 0.301. The first-order valence-electron chi connectivity index (χ1n) is 6.98. The highest BCUT2D eigenvalue weighted by atomic mass is 16.2. The molecule has 1 amide bonds. The number of nitrogens with zero attached hydrogens (tertiary/aromatic N) is 2. The molecule has 0 aromatic rings. The summed E-state index contributed by atoms with van der Waals surface area (Å²) >= 11 is 0. The summed E-state index contributed by atoms with van der Waals surface area (Å²) < 4.78 is 0. The van der Waals surface area contributed by atoms with Crippen molar-refractivity contribution < 1.29 is 4.79 Å². The van der Waals surface area contributed by atoms with Gasteiger partial charge < -0.3 is 10.2 Å². The van der Waals surface area contributed by atoms with Crippen molar-refractivity contribution in [3.05, 3.63) is 0 Å². The number of carbonyl (C=O) groups excluding carboxylic acids is 1. The number of amides is 1. The Morgan fingerprint density at radius 3 is 2.53 bits per heavy atom. The molecule has 1 aliphatic rings. The van der Waals surface area contributed by atoms with E-state index in [0.717, 1.165) is 58.5 Å². The van der Waals surface area contributed by atoms with Gasteiger partial charge in [-0.3, -0.25) is 9.69 Å². The molecule has 0 aliphatic carbocycles. The van der Waals surface area contributed by atoms with E-state index in [0.29, 0.717) is 12.5 Å². The maximum Gasteiger partial charge on any atom is 0.236 e. The normalized spacial score (nSPS) is 17.2. The van der Waals surface area contributed by atoms with Gasteiger partial charge >= 0.3 is 0 Å². The summed E-state index contributed by atoms with van der Waals surface area (Å²) in [5.41, 5.74) is 0. The number of hydrogen-bond donors (Lipinski definition) is 1. The Kier molecular flexibility index (Phi) is 7.21. The lowest BCUT2D eigenvalue weighted by Gasteiger charge is -2.25. The van der Waals surface area contributed by atoms with E-state index in [2.05, 4.69) is 24.1 Å². The van der Waals surface area contributed by atoms with Crippen LogP contribution in [0.2, 0.25) is 0 Å². The highest BCUT2D eigenvalue weighted by Crippen LogP contribution is 2.00. The van der Waals surface area contributed by atoms with Crippen molar-refractivity contribution in [1.82, 2.24) is 15.1 Å². The molecule has 0 aromatic carbocycles. The molecule has 0 saturated carbocycles. The third kappa shape index (κ3) is 5.50. The Balaban J connectivity index is 2.38. The highest BCUT2D eigenvalue weighted by Gasteiger charge is 2.17. The third-order valence-electron chi connectivity index (χ3n) is 3.13. The van der Waals surface area contributed by atoms with Crippen LogP contribution in [0.15, 0.2) is 0 Å². The van der Waals surface area contributed by atoms with E-state index in [1.165, 1.54) is 0 Å². The van der Waals surface area contributed by atoms with Crippen LogP contribution in [0.5, 0.6) is 0 Å². The van der Waals surface area contributed by atoms with Crippen LogP contribution in [-0.4, -0.2) is 61.5 Å². The second-order valence-electron chi connectivity index (χ2n) is 4.76. The highest BCUT2D eigenvalue weighted by molar-refractivity contribution is 5.78. The summed E-state index contributed by atoms with van der Waals surface area (Å²) in [5, 5.41) is 3.33. The van der Waals surface area contributed by atoms with Gasteiger partial charge in [-0.25, -0.2) is 0 Å². The first-order valence-corrected chi connectivity index (χ1v) is 6.98. The molecule has 0 bridgehead atoms. The van der Waals surface area contributed by atoms with Crippen LogP contribution in [0.1, 0.15) is 33.1 Å². The minimum Gasteiger partial charge on any atom is -0.340 e. The van der Waals surface area contributed by atoms with Gasteiger partial charge in [0.25, 0.3) is 0 Å². The first-order chi connectivity index (χ1) is 8.27. The summed E-state index contributed by atoms with van der Waals surface area (Å²) in [4.78, 5) is 16.5. The van der Waals surface area contributed by atoms with E-state index < -0.39 is 0 Å². The van der Waals surface area contributed by atoms with E-state index in [4.69, 9.17) is 0 Å². The molecule has 17 heavy (non-hydrogen) atoms. The van der Waals surface area contributed by atoms with Gasteiger partial charge in [-0.15, -0.1) is 0 Å². The van der Waals surface area contributed by atoms with E-state index in [-0.39, 0.29) is 0 Å². The summed E-state index contributed by atoms with van der Waals surface area (Å²) in [5.74, 6) is 0.301. The van der Waals surface area contributed by atoms with Crippen LogP contribution in [0.25, 0.3) is 0 Å². The summed E-state index contributed by atoms with van der Waals surface area (Å²) in [6.07, 6.45) is 3.32. The predicted molar refractivity (Wildman–Crippen MR) is 71.1 cm³/mol. The van der Waals surface area contributed by atoms with Gasteiger partial charge in [0.15, 0.2) is 0 Å². The van der Waals surface area contributed by atoms with E-state index in [9.17, 15) is 4.79 Å². The second kappa shape index (κ2) is 8.48. The van der Waals surface area contributed by atoms with Crippen molar-refractivity contribution in [2.75, 3.05) is 45.8 Å². The van der Waals surface area contributed by atoms with Crippen LogP contribution in [0.3, 0.4) is 0 Å². The van der Waals surface area contributed by atoms with Crippen LogP contribution < -0.4 is 5.32 Å². The Morgan fingerprint density at radius 2 is 1.88 bits per heavy atom. The molecule has 4 nitrogen and oxygen atoms in total. The molecule has 4 heteroatoms. The average Bonchev–Trinajstić information content (AvgIpc) is 2.58. The average molecular weight is 241 g/mol. The zero-order valence-electron chi connectivity index (χ0n) is 11.4. The molecule has 100 valence electrons. The van der Waals surface area contributed by atoms with Gasteiger partial charge in [-0.1, -0.05) is 13.8 Å². The van der Waals surface area contributed by atoms with Crippen LogP contribution in [0.4, 0.5) is 0 Å². The number of rotatable bonds is 6. The van der Waals surface area contributed by atoms with Crippen LogP contribution in [0, 0.1) is 0 Å². The number of carbonyl (C=O) groups is 1. The molecule has 0 spiro atoms. The Labute approximate surface area is 105 Å². The molecule has 0 radical (unpaired) electrons. The molecule has 1 N–H and O–H groups in total. The van der Waals surface area contributed by atoms with Gasteiger partial charge in [0.2, 0.25) is 5.91 Å². The predicted octanol–water partition coefficient (Wildman–Crippen LogP) is 0.930. The Hall–Kier alpha value is -0.610. The van der Waals surface area contributed by atoms with Gasteiger partial charge in [0.1, 0.15) is 0 Å². The smallest absolute Gasteiger partial charge is 0.236 e. The fraction of sp³-hybridized carbons (Fsp3) is 0.923. The molecule has 1 heterocycles. The molecule has 0 atom stereocenters. The lowest BCUT2D eigenvalue weighted by atomic mass is 10.3. The van der Waals surface area contributed by atoms with Crippen molar-refractivity contribution in [1.29, 1.82) is 0 Å². The first kappa shape index (κ1) is 14.5. The maximum absolute atomic E-state index is 12.2. The number of hydrogen-bond acceptors (Lipinski definition) is 3.